The fourth-order valence-electron chi connectivity index (χ4n) is 1.61. The zero-order chi connectivity index (χ0) is 15.6. The number of benzene rings is 1. The van der Waals surface area contributed by atoms with Crippen LogP contribution in [0.3, 0.4) is 0 Å². The van der Waals surface area contributed by atoms with Gasteiger partial charge in [0.25, 0.3) is 5.89 Å². The predicted octanol–water partition coefficient (Wildman–Crippen LogP) is 3.59. The van der Waals surface area contributed by atoms with Crippen LogP contribution < -0.4 is 5.73 Å². The third-order valence-electron chi connectivity index (χ3n) is 2.82. The highest BCUT2D eigenvalue weighted by atomic mass is 127. The van der Waals surface area contributed by atoms with Crippen LogP contribution in [0.1, 0.15) is 26.6 Å². The van der Waals surface area contributed by atoms with E-state index in [1.807, 2.05) is 32.9 Å². The van der Waals surface area contributed by atoms with Crippen LogP contribution in [-0.4, -0.2) is 22.9 Å². The third-order valence-corrected chi connectivity index (χ3v) is 4.39. The second kappa shape index (κ2) is 6.60. The van der Waals surface area contributed by atoms with E-state index in [0.29, 0.717) is 23.3 Å². The van der Waals surface area contributed by atoms with E-state index < -0.39 is 5.54 Å². The van der Waals surface area contributed by atoms with Gasteiger partial charge in [-0.1, -0.05) is 16.8 Å². The van der Waals surface area contributed by atoms with Crippen LogP contribution in [0.4, 0.5) is 0 Å². The molecule has 0 aliphatic carbocycles. The van der Waals surface area contributed by atoms with E-state index in [0.717, 1.165) is 9.13 Å². The summed E-state index contributed by atoms with van der Waals surface area (Å²) in [5, 5.41) is 4.60. The standard InChI is InChI=1S/C14H17ClIN3O2/c1-8(2)20-7-14(3,17)13-18-12(21-19-13)9-4-5-11(16)10(15)6-9/h4-6,8H,7,17H2,1-3H3. The average Bonchev–Trinajstić information content (AvgIpc) is 2.90. The van der Waals surface area contributed by atoms with Crippen molar-refractivity contribution in [1.82, 2.24) is 10.1 Å². The van der Waals surface area contributed by atoms with Gasteiger partial charge in [-0.25, -0.2) is 0 Å². The van der Waals surface area contributed by atoms with Crippen molar-refractivity contribution in [3.8, 4) is 11.5 Å². The second-order valence-electron chi connectivity index (χ2n) is 5.33. The van der Waals surface area contributed by atoms with Crippen molar-refractivity contribution < 1.29 is 9.26 Å². The van der Waals surface area contributed by atoms with Crippen molar-refractivity contribution in [3.05, 3.63) is 32.6 Å². The summed E-state index contributed by atoms with van der Waals surface area (Å²) in [6.07, 6.45) is 0.0919. The van der Waals surface area contributed by atoms with Gasteiger partial charge in [-0.2, -0.15) is 4.98 Å². The summed E-state index contributed by atoms with van der Waals surface area (Å²) in [6, 6.07) is 5.56. The largest absolute Gasteiger partial charge is 0.376 e. The van der Waals surface area contributed by atoms with Crippen molar-refractivity contribution in [2.75, 3.05) is 6.61 Å². The molecule has 0 spiro atoms. The summed E-state index contributed by atoms with van der Waals surface area (Å²) in [6.45, 7) is 6.03. The molecule has 0 saturated carbocycles. The zero-order valence-electron chi connectivity index (χ0n) is 12.1. The van der Waals surface area contributed by atoms with Crippen molar-refractivity contribution in [3.63, 3.8) is 0 Å². The molecule has 1 atom stereocenters. The highest BCUT2D eigenvalue weighted by Gasteiger charge is 2.28. The summed E-state index contributed by atoms with van der Waals surface area (Å²) in [4.78, 5) is 4.36. The van der Waals surface area contributed by atoms with E-state index >= 15 is 0 Å². The molecule has 0 amide bonds. The fraction of sp³-hybridized carbons (Fsp3) is 0.429. The van der Waals surface area contributed by atoms with Crippen molar-refractivity contribution in [2.24, 2.45) is 5.73 Å². The lowest BCUT2D eigenvalue weighted by molar-refractivity contribution is 0.0410. The topological polar surface area (TPSA) is 74.2 Å². The van der Waals surface area contributed by atoms with Crippen LogP contribution in [-0.2, 0) is 10.3 Å². The molecule has 1 heterocycles. The number of aromatic nitrogens is 2. The van der Waals surface area contributed by atoms with Gasteiger partial charge in [-0.15, -0.1) is 0 Å². The molecule has 0 aliphatic heterocycles. The zero-order valence-corrected chi connectivity index (χ0v) is 15.0. The molecule has 0 saturated heterocycles. The van der Waals surface area contributed by atoms with Crippen molar-refractivity contribution >= 4 is 34.2 Å². The molecule has 7 heteroatoms. The molecular weight excluding hydrogens is 405 g/mol. The highest BCUT2D eigenvalue weighted by molar-refractivity contribution is 14.1. The molecule has 1 unspecified atom stereocenters. The Morgan fingerprint density at radius 3 is 2.81 bits per heavy atom. The maximum absolute atomic E-state index is 6.19. The predicted molar refractivity (Wildman–Crippen MR) is 90.1 cm³/mol. The molecule has 0 aliphatic rings. The van der Waals surface area contributed by atoms with Gasteiger partial charge in [0.05, 0.1) is 17.7 Å². The molecule has 0 fully saturated rings. The van der Waals surface area contributed by atoms with Gasteiger partial charge >= 0.3 is 0 Å². The van der Waals surface area contributed by atoms with Crippen LogP contribution in [0.2, 0.25) is 5.02 Å². The Hall–Kier alpha value is -0.700. The Morgan fingerprint density at radius 2 is 2.19 bits per heavy atom. The molecule has 2 aromatic rings. The molecule has 114 valence electrons. The lowest BCUT2D eigenvalue weighted by Crippen LogP contribution is -2.40. The summed E-state index contributed by atoms with van der Waals surface area (Å²) in [5.41, 5.74) is 6.15. The Kier molecular flexibility index (Phi) is 5.24. The van der Waals surface area contributed by atoms with Gasteiger partial charge in [0.1, 0.15) is 5.54 Å². The summed E-state index contributed by atoms with van der Waals surface area (Å²) < 4.78 is 11.8. The van der Waals surface area contributed by atoms with Gasteiger partial charge in [0, 0.05) is 9.13 Å². The van der Waals surface area contributed by atoms with Crippen LogP contribution >= 0.6 is 34.2 Å². The fourth-order valence-corrected chi connectivity index (χ4v) is 2.12. The quantitative estimate of drug-likeness (QED) is 0.747. The molecule has 2 rings (SSSR count). The Balaban J connectivity index is 2.22. The van der Waals surface area contributed by atoms with Gasteiger partial charge in [0.15, 0.2) is 5.82 Å². The van der Waals surface area contributed by atoms with E-state index in [9.17, 15) is 0 Å². The number of ether oxygens (including phenoxy) is 1. The minimum atomic E-state index is -0.807. The normalized spacial score (nSPS) is 14.4. The van der Waals surface area contributed by atoms with Gasteiger partial charge in [-0.05, 0) is 61.6 Å². The Morgan fingerprint density at radius 1 is 1.48 bits per heavy atom. The molecule has 21 heavy (non-hydrogen) atoms. The first kappa shape index (κ1) is 16.7. The monoisotopic (exact) mass is 421 g/mol. The number of rotatable bonds is 5. The lowest BCUT2D eigenvalue weighted by atomic mass is 10.1. The maximum Gasteiger partial charge on any atom is 0.258 e. The highest BCUT2D eigenvalue weighted by Crippen LogP contribution is 2.27. The molecule has 1 aromatic carbocycles. The summed E-state index contributed by atoms with van der Waals surface area (Å²) in [7, 11) is 0. The Bertz CT molecular complexity index is 628. The SMILES string of the molecule is CC(C)OCC(C)(N)c1noc(-c2ccc(I)c(Cl)c2)n1. The molecule has 2 N–H and O–H groups in total. The number of hydrogen-bond donors (Lipinski definition) is 1. The number of nitrogens with zero attached hydrogens (tertiary/aromatic N) is 2. The second-order valence-corrected chi connectivity index (χ2v) is 6.90. The van der Waals surface area contributed by atoms with E-state index in [4.69, 9.17) is 26.6 Å². The Labute approximate surface area is 142 Å². The van der Waals surface area contributed by atoms with Crippen molar-refractivity contribution in [2.45, 2.75) is 32.4 Å². The smallest absolute Gasteiger partial charge is 0.258 e. The third kappa shape index (κ3) is 4.15. The molecule has 1 aromatic heterocycles. The van der Waals surface area contributed by atoms with E-state index in [1.54, 1.807) is 6.07 Å². The average molecular weight is 422 g/mol. The van der Waals surface area contributed by atoms with Gasteiger partial charge in [0.2, 0.25) is 0 Å². The van der Waals surface area contributed by atoms with Gasteiger partial charge in [-0.3, -0.25) is 0 Å². The molecular formula is C14H17ClIN3O2. The number of nitrogens with two attached hydrogens (primary N) is 1. The van der Waals surface area contributed by atoms with Crippen molar-refractivity contribution in [1.29, 1.82) is 0 Å². The molecule has 0 radical (unpaired) electrons. The van der Waals surface area contributed by atoms with Crippen LogP contribution in [0.15, 0.2) is 22.7 Å². The van der Waals surface area contributed by atoms with E-state index in [2.05, 4.69) is 32.7 Å². The maximum atomic E-state index is 6.19. The van der Waals surface area contributed by atoms with Crippen LogP contribution in [0.5, 0.6) is 0 Å². The first-order chi connectivity index (χ1) is 9.79. The first-order valence-corrected chi connectivity index (χ1v) is 7.95. The number of hydrogen-bond acceptors (Lipinski definition) is 5. The number of halogens is 2. The molecule has 0 bridgehead atoms. The first-order valence-electron chi connectivity index (χ1n) is 6.49. The van der Waals surface area contributed by atoms with Crippen LogP contribution in [0.25, 0.3) is 11.5 Å². The molecule has 5 nitrogen and oxygen atoms in total. The van der Waals surface area contributed by atoms with Crippen LogP contribution in [0, 0.1) is 3.57 Å². The minimum Gasteiger partial charge on any atom is -0.376 e. The summed E-state index contributed by atoms with van der Waals surface area (Å²) >= 11 is 8.26. The summed E-state index contributed by atoms with van der Waals surface area (Å²) in [5.74, 6) is 0.803. The van der Waals surface area contributed by atoms with Gasteiger partial charge < -0.3 is 15.0 Å². The van der Waals surface area contributed by atoms with E-state index in [-0.39, 0.29) is 6.10 Å². The van der Waals surface area contributed by atoms with E-state index in [1.165, 1.54) is 0 Å². The minimum absolute atomic E-state index is 0.0919. The lowest BCUT2D eigenvalue weighted by Gasteiger charge is -2.21.